The van der Waals surface area contributed by atoms with E-state index in [2.05, 4.69) is 0 Å². The van der Waals surface area contributed by atoms with Crippen molar-refractivity contribution in [1.29, 1.82) is 0 Å². The number of non-ortho nitro benzene ring substituents is 1. The molecule has 1 unspecified atom stereocenters. The first-order valence-electron chi connectivity index (χ1n) is 4.60. The summed E-state index contributed by atoms with van der Waals surface area (Å²) in [4.78, 5) is 10.1. The van der Waals surface area contributed by atoms with E-state index in [1.165, 1.54) is 6.07 Å². The lowest BCUT2D eigenvalue weighted by Crippen LogP contribution is -1.99. The molecule has 1 atom stereocenters. The molecule has 0 aromatic heterocycles. The van der Waals surface area contributed by atoms with Crippen LogP contribution in [-0.4, -0.2) is 16.6 Å². The molecule has 14 heavy (non-hydrogen) atoms. The van der Waals surface area contributed by atoms with Crippen molar-refractivity contribution < 1.29 is 10.0 Å². The summed E-state index contributed by atoms with van der Waals surface area (Å²) >= 11 is 0. The first-order valence-corrected chi connectivity index (χ1v) is 4.60. The highest BCUT2D eigenvalue weighted by Gasteiger charge is 2.23. The van der Waals surface area contributed by atoms with E-state index in [9.17, 15) is 10.1 Å². The number of nitro groups is 1. The number of rotatable bonds is 2. The van der Waals surface area contributed by atoms with Crippen molar-refractivity contribution in [2.45, 2.75) is 18.8 Å². The zero-order valence-electron chi connectivity index (χ0n) is 7.64. The molecule has 74 valence electrons. The van der Waals surface area contributed by atoms with Gasteiger partial charge in [0, 0.05) is 24.7 Å². The van der Waals surface area contributed by atoms with E-state index < -0.39 is 4.92 Å². The third-order valence-electron chi connectivity index (χ3n) is 2.76. The Kier molecular flexibility index (Phi) is 2.21. The van der Waals surface area contributed by atoms with Crippen molar-refractivity contribution in [3.05, 3.63) is 39.4 Å². The summed E-state index contributed by atoms with van der Waals surface area (Å²) in [7, 11) is 0. The molecule has 0 saturated carbocycles. The Labute approximate surface area is 81.3 Å². The quantitative estimate of drug-likeness (QED) is 0.573. The minimum atomic E-state index is -0.396. The molecule has 0 saturated heterocycles. The van der Waals surface area contributed by atoms with E-state index in [1.807, 2.05) is 0 Å². The average Bonchev–Trinajstić information content (AvgIpc) is 2.59. The molecule has 4 nitrogen and oxygen atoms in total. The molecule has 0 amide bonds. The Morgan fingerprint density at radius 2 is 2.36 bits per heavy atom. The van der Waals surface area contributed by atoms with Crippen LogP contribution in [0, 0.1) is 10.1 Å². The van der Waals surface area contributed by atoms with Crippen LogP contribution in [0.4, 0.5) is 5.69 Å². The lowest BCUT2D eigenvalue weighted by Gasteiger charge is -2.06. The van der Waals surface area contributed by atoms with Crippen LogP contribution in [0.2, 0.25) is 0 Å². The molecule has 0 heterocycles. The van der Waals surface area contributed by atoms with Gasteiger partial charge < -0.3 is 5.11 Å². The van der Waals surface area contributed by atoms with E-state index in [0.717, 1.165) is 24.0 Å². The molecule has 1 N–H and O–H groups in total. The molecule has 1 aliphatic carbocycles. The van der Waals surface area contributed by atoms with Gasteiger partial charge in [-0.1, -0.05) is 6.07 Å². The number of aliphatic hydroxyl groups excluding tert-OH is 1. The van der Waals surface area contributed by atoms with Gasteiger partial charge in [0.1, 0.15) is 0 Å². The first-order chi connectivity index (χ1) is 6.72. The molecule has 1 aromatic carbocycles. The Hall–Kier alpha value is -1.42. The SMILES string of the molecule is O=[N+]([O-])c1ccc2c(c1)C(CO)CC2. The number of fused-ring (bicyclic) bond motifs is 1. The second kappa shape index (κ2) is 3.38. The lowest BCUT2D eigenvalue weighted by molar-refractivity contribution is -0.384. The second-order valence-corrected chi connectivity index (χ2v) is 3.56. The van der Waals surface area contributed by atoms with Crippen molar-refractivity contribution >= 4 is 5.69 Å². The van der Waals surface area contributed by atoms with Gasteiger partial charge in [-0.15, -0.1) is 0 Å². The van der Waals surface area contributed by atoms with Crippen molar-refractivity contribution in [2.24, 2.45) is 0 Å². The number of aryl methyl sites for hydroxylation is 1. The Bertz CT molecular complexity index is 376. The van der Waals surface area contributed by atoms with Crippen LogP contribution >= 0.6 is 0 Å². The largest absolute Gasteiger partial charge is 0.396 e. The van der Waals surface area contributed by atoms with E-state index in [-0.39, 0.29) is 18.2 Å². The molecule has 0 radical (unpaired) electrons. The summed E-state index contributed by atoms with van der Waals surface area (Å²) in [6, 6.07) is 4.91. The number of hydrogen-bond donors (Lipinski definition) is 1. The Morgan fingerprint density at radius 3 is 3.00 bits per heavy atom. The zero-order valence-corrected chi connectivity index (χ0v) is 7.64. The van der Waals surface area contributed by atoms with E-state index in [0.29, 0.717) is 0 Å². The molecule has 1 aliphatic rings. The molecule has 0 bridgehead atoms. The predicted molar refractivity (Wildman–Crippen MR) is 51.2 cm³/mol. The molecule has 0 spiro atoms. The van der Waals surface area contributed by atoms with Gasteiger partial charge in [0.25, 0.3) is 5.69 Å². The van der Waals surface area contributed by atoms with E-state index >= 15 is 0 Å². The molecular formula is C10H11NO3. The Balaban J connectivity index is 2.42. The van der Waals surface area contributed by atoms with Gasteiger partial charge >= 0.3 is 0 Å². The number of nitro benzene ring substituents is 1. The maximum absolute atomic E-state index is 10.5. The van der Waals surface area contributed by atoms with Crippen molar-refractivity contribution in [3.63, 3.8) is 0 Å². The predicted octanol–water partition coefficient (Wildman–Crippen LogP) is 1.62. The van der Waals surface area contributed by atoms with Crippen LogP contribution in [0.5, 0.6) is 0 Å². The summed E-state index contributed by atoms with van der Waals surface area (Å²) in [6.45, 7) is 0.0775. The number of aliphatic hydroxyl groups is 1. The minimum Gasteiger partial charge on any atom is -0.396 e. The molecule has 4 heteroatoms. The van der Waals surface area contributed by atoms with Gasteiger partial charge in [0.15, 0.2) is 0 Å². The second-order valence-electron chi connectivity index (χ2n) is 3.56. The molecule has 0 fully saturated rings. The van der Waals surface area contributed by atoms with Crippen LogP contribution in [-0.2, 0) is 6.42 Å². The molecule has 1 aromatic rings. The minimum absolute atomic E-state index is 0.0775. The topological polar surface area (TPSA) is 63.4 Å². The lowest BCUT2D eigenvalue weighted by atomic mass is 10.0. The summed E-state index contributed by atoms with van der Waals surface area (Å²) in [5.74, 6) is 0.0879. The summed E-state index contributed by atoms with van der Waals surface area (Å²) < 4.78 is 0. The van der Waals surface area contributed by atoms with Gasteiger partial charge in [-0.05, 0) is 24.0 Å². The fraction of sp³-hybridized carbons (Fsp3) is 0.400. The van der Waals surface area contributed by atoms with Gasteiger partial charge in [-0.25, -0.2) is 0 Å². The van der Waals surface area contributed by atoms with E-state index in [4.69, 9.17) is 5.11 Å². The number of hydrogen-bond acceptors (Lipinski definition) is 3. The summed E-state index contributed by atoms with van der Waals surface area (Å²) in [5, 5.41) is 19.6. The van der Waals surface area contributed by atoms with Gasteiger partial charge in [-0.2, -0.15) is 0 Å². The maximum atomic E-state index is 10.5. The number of benzene rings is 1. The smallest absolute Gasteiger partial charge is 0.269 e. The maximum Gasteiger partial charge on any atom is 0.269 e. The normalized spacial score (nSPS) is 19.4. The fourth-order valence-corrected chi connectivity index (χ4v) is 1.98. The van der Waals surface area contributed by atoms with Gasteiger partial charge in [-0.3, -0.25) is 10.1 Å². The van der Waals surface area contributed by atoms with Crippen molar-refractivity contribution in [3.8, 4) is 0 Å². The van der Waals surface area contributed by atoms with Crippen molar-refractivity contribution in [1.82, 2.24) is 0 Å². The van der Waals surface area contributed by atoms with Crippen LogP contribution in [0.1, 0.15) is 23.5 Å². The third-order valence-corrected chi connectivity index (χ3v) is 2.76. The van der Waals surface area contributed by atoms with Crippen LogP contribution in [0.25, 0.3) is 0 Å². The molecule has 2 rings (SSSR count). The third kappa shape index (κ3) is 1.37. The van der Waals surface area contributed by atoms with E-state index in [1.54, 1.807) is 12.1 Å². The van der Waals surface area contributed by atoms with Gasteiger partial charge in [0.05, 0.1) is 4.92 Å². The highest BCUT2D eigenvalue weighted by atomic mass is 16.6. The van der Waals surface area contributed by atoms with Crippen LogP contribution in [0.15, 0.2) is 18.2 Å². The standard InChI is InChI=1S/C10H11NO3/c12-6-8-2-1-7-3-4-9(11(13)14)5-10(7)8/h3-5,8,12H,1-2,6H2. The van der Waals surface area contributed by atoms with Crippen molar-refractivity contribution in [2.75, 3.05) is 6.61 Å². The fourth-order valence-electron chi connectivity index (χ4n) is 1.98. The zero-order chi connectivity index (χ0) is 10.1. The molecule has 0 aliphatic heterocycles. The van der Waals surface area contributed by atoms with Crippen LogP contribution < -0.4 is 0 Å². The highest BCUT2D eigenvalue weighted by Crippen LogP contribution is 2.34. The number of nitrogens with zero attached hydrogens (tertiary/aromatic N) is 1. The monoisotopic (exact) mass is 193 g/mol. The molecular weight excluding hydrogens is 182 g/mol. The first kappa shape index (κ1) is 9.15. The Morgan fingerprint density at radius 1 is 1.57 bits per heavy atom. The van der Waals surface area contributed by atoms with Gasteiger partial charge in [0.2, 0.25) is 0 Å². The summed E-state index contributed by atoms with van der Waals surface area (Å²) in [5.41, 5.74) is 2.19. The summed E-state index contributed by atoms with van der Waals surface area (Å²) in [6.07, 6.45) is 1.81. The van der Waals surface area contributed by atoms with Crippen LogP contribution in [0.3, 0.4) is 0 Å². The highest BCUT2D eigenvalue weighted by molar-refractivity contribution is 5.44. The average molecular weight is 193 g/mol.